The van der Waals surface area contributed by atoms with E-state index in [9.17, 15) is 4.79 Å². The molecule has 2 aliphatic rings. The van der Waals surface area contributed by atoms with Crippen LogP contribution in [0, 0.1) is 5.92 Å². The van der Waals surface area contributed by atoms with Crippen LogP contribution >= 0.6 is 0 Å². The number of fused-ring (bicyclic) bond motifs is 1. The number of carbonyl (C=O) groups excluding carboxylic acids is 1. The molecule has 3 unspecified atom stereocenters. The van der Waals surface area contributed by atoms with Crippen LogP contribution in [-0.4, -0.2) is 52.0 Å². The molecule has 9 nitrogen and oxygen atoms in total. The summed E-state index contributed by atoms with van der Waals surface area (Å²) in [6, 6.07) is 5.46. The van der Waals surface area contributed by atoms with Crippen molar-refractivity contribution < 1.29 is 27.1 Å². The van der Waals surface area contributed by atoms with Crippen LogP contribution in [0.25, 0.3) is 11.0 Å². The topological polar surface area (TPSA) is 134 Å². The molecular formula is C25H27F4N7O2. The number of ether oxygens (including phenoxy) is 1. The number of rotatable bonds is 5. The maximum atomic E-state index is 17.2. The number of amides is 1. The van der Waals surface area contributed by atoms with Crippen molar-refractivity contribution in [1.29, 1.82) is 0 Å². The van der Waals surface area contributed by atoms with Crippen LogP contribution in [0.4, 0.5) is 23.4 Å². The number of nitrogens with one attached hydrogen (secondary N) is 1. The molecule has 202 valence electrons. The predicted molar refractivity (Wildman–Crippen MR) is 131 cm³/mol. The second-order valence-electron chi connectivity index (χ2n) is 9.68. The lowest BCUT2D eigenvalue weighted by Crippen LogP contribution is -2.53. The van der Waals surface area contributed by atoms with Gasteiger partial charge in [-0.1, -0.05) is 30.4 Å². The minimum atomic E-state index is -5.05. The summed E-state index contributed by atoms with van der Waals surface area (Å²) in [6.07, 6.45) is -2.25. The lowest BCUT2D eigenvalue weighted by molar-refractivity contribution is -0.193. The maximum Gasteiger partial charge on any atom is 0.403 e. The average Bonchev–Trinajstić information content (AvgIpc) is 3.29. The van der Waals surface area contributed by atoms with Crippen LogP contribution < -0.4 is 21.5 Å². The van der Waals surface area contributed by atoms with Crippen molar-refractivity contribution in [2.24, 2.45) is 11.7 Å². The number of nitrogens with zero attached hydrogens (tertiary/aromatic N) is 4. The van der Waals surface area contributed by atoms with Gasteiger partial charge in [0.25, 0.3) is 0 Å². The van der Waals surface area contributed by atoms with Crippen LogP contribution in [0.5, 0.6) is 5.75 Å². The Bertz CT molecular complexity index is 1400. The number of anilines is 1. The summed E-state index contributed by atoms with van der Waals surface area (Å²) in [5.74, 6) is -3.03. The molecule has 1 saturated heterocycles. The van der Waals surface area contributed by atoms with Gasteiger partial charge in [0.1, 0.15) is 23.3 Å². The molecule has 1 fully saturated rings. The highest BCUT2D eigenvalue weighted by Gasteiger charge is 2.65. The summed E-state index contributed by atoms with van der Waals surface area (Å²) in [6.45, 7) is 1.29. The van der Waals surface area contributed by atoms with Crippen LogP contribution in [0.15, 0.2) is 42.7 Å². The number of aromatic nitrogens is 4. The van der Waals surface area contributed by atoms with E-state index in [1.54, 1.807) is 6.07 Å². The fourth-order valence-corrected chi connectivity index (χ4v) is 5.66. The molecule has 38 heavy (non-hydrogen) atoms. The quantitative estimate of drug-likeness (QED) is 0.339. The van der Waals surface area contributed by atoms with Crippen molar-refractivity contribution in [1.82, 2.24) is 25.1 Å². The van der Waals surface area contributed by atoms with Crippen molar-refractivity contribution in [2.75, 3.05) is 25.9 Å². The Morgan fingerprint density at radius 3 is 2.58 bits per heavy atom. The first-order valence-corrected chi connectivity index (χ1v) is 12.1. The van der Waals surface area contributed by atoms with Gasteiger partial charge in [-0.25, -0.2) is 19.0 Å². The summed E-state index contributed by atoms with van der Waals surface area (Å²) in [7, 11) is 1.27. The molecule has 1 aliphatic carbocycles. The van der Waals surface area contributed by atoms with Crippen LogP contribution in [0.1, 0.15) is 36.6 Å². The molecule has 1 aliphatic heterocycles. The normalized spacial score (nSPS) is 26.5. The molecule has 13 heteroatoms. The third-order valence-corrected chi connectivity index (χ3v) is 7.56. The number of nitrogens with two attached hydrogens (primary N) is 2. The van der Waals surface area contributed by atoms with E-state index in [1.807, 2.05) is 0 Å². The number of allylic oxidation sites excluding steroid dienone is 1. The molecule has 3 aromatic rings. The van der Waals surface area contributed by atoms with Gasteiger partial charge >= 0.3 is 6.18 Å². The lowest BCUT2D eigenvalue weighted by Gasteiger charge is -2.44. The summed E-state index contributed by atoms with van der Waals surface area (Å²) in [5, 5.41) is 7.53. The van der Waals surface area contributed by atoms with Gasteiger partial charge in [0.2, 0.25) is 5.91 Å². The fourth-order valence-electron chi connectivity index (χ4n) is 5.66. The van der Waals surface area contributed by atoms with Gasteiger partial charge < -0.3 is 21.5 Å². The van der Waals surface area contributed by atoms with Crippen LogP contribution in [-0.2, 0) is 15.9 Å². The van der Waals surface area contributed by atoms with Crippen LogP contribution in [0.2, 0.25) is 0 Å². The molecule has 1 amide bonds. The highest BCUT2D eigenvalue weighted by molar-refractivity contribution is 5.90. The second-order valence-corrected chi connectivity index (χ2v) is 9.68. The number of halogens is 4. The molecule has 0 saturated carbocycles. The van der Waals surface area contributed by atoms with E-state index in [2.05, 4.69) is 20.4 Å². The zero-order chi connectivity index (χ0) is 27.3. The van der Waals surface area contributed by atoms with E-state index < -0.39 is 41.2 Å². The van der Waals surface area contributed by atoms with Gasteiger partial charge in [0.05, 0.1) is 30.1 Å². The van der Waals surface area contributed by atoms with Gasteiger partial charge in [-0.05, 0) is 32.0 Å². The largest absolute Gasteiger partial charge is 0.496 e. The number of hydrogen-bond donors (Lipinski definition) is 3. The number of primary amides is 1. The molecule has 5 rings (SSSR count). The Kier molecular flexibility index (Phi) is 6.28. The summed E-state index contributed by atoms with van der Waals surface area (Å²) in [5.41, 5.74) is 5.13. The molecule has 0 spiro atoms. The molecule has 0 radical (unpaired) electrons. The number of nitrogen functional groups attached to an aromatic ring is 1. The molecule has 2 aromatic heterocycles. The highest BCUT2D eigenvalue weighted by Crippen LogP contribution is 2.58. The van der Waals surface area contributed by atoms with E-state index in [0.717, 1.165) is 18.5 Å². The second kappa shape index (κ2) is 9.22. The number of hydrogen-bond acceptors (Lipinski definition) is 7. The van der Waals surface area contributed by atoms with Gasteiger partial charge in [-0.2, -0.15) is 18.3 Å². The number of para-hydroxylation sites is 1. The minimum absolute atomic E-state index is 0.0134. The van der Waals surface area contributed by atoms with Gasteiger partial charge in [-0.3, -0.25) is 4.79 Å². The number of alkyl halides is 4. The Morgan fingerprint density at radius 2 is 1.92 bits per heavy atom. The fraction of sp³-hybridized carbons (Fsp3) is 0.440. The minimum Gasteiger partial charge on any atom is -0.496 e. The summed E-state index contributed by atoms with van der Waals surface area (Å²) in [4.78, 5) is 20.5. The van der Waals surface area contributed by atoms with Crippen molar-refractivity contribution in [3.05, 3.63) is 54.0 Å². The van der Waals surface area contributed by atoms with E-state index >= 15 is 17.6 Å². The van der Waals surface area contributed by atoms with Crippen molar-refractivity contribution >= 4 is 22.8 Å². The zero-order valence-corrected chi connectivity index (χ0v) is 20.5. The first-order valence-electron chi connectivity index (χ1n) is 12.1. The number of piperidine rings is 1. The van der Waals surface area contributed by atoms with Gasteiger partial charge in [0.15, 0.2) is 11.3 Å². The predicted octanol–water partition coefficient (Wildman–Crippen LogP) is 3.07. The molecular weight excluding hydrogens is 506 g/mol. The van der Waals surface area contributed by atoms with E-state index in [4.69, 9.17) is 16.2 Å². The molecule has 3 atom stereocenters. The van der Waals surface area contributed by atoms with E-state index in [0.29, 0.717) is 25.9 Å². The first kappa shape index (κ1) is 25.9. The zero-order valence-electron chi connectivity index (χ0n) is 20.5. The Balaban J connectivity index is 1.80. The summed E-state index contributed by atoms with van der Waals surface area (Å²) < 4.78 is 69.7. The van der Waals surface area contributed by atoms with Gasteiger partial charge in [0, 0.05) is 12.0 Å². The first-order chi connectivity index (χ1) is 18.0. The average molecular weight is 534 g/mol. The van der Waals surface area contributed by atoms with Crippen molar-refractivity contribution in [2.45, 2.75) is 42.6 Å². The van der Waals surface area contributed by atoms with Crippen molar-refractivity contribution in [3.63, 3.8) is 0 Å². The maximum absolute atomic E-state index is 17.2. The highest BCUT2D eigenvalue weighted by atomic mass is 19.4. The molecule has 1 aromatic carbocycles. The lowest BCUT2D eigenvalue weighted by atomic mass is 9.63. The molecule has 0 bridgehead atoms. The molecule has 3 heterocycles. The third-order valence-electron chi connectivity index (χ3n) is 7.56. The monoisotopic (exact) mass is 533 g/mol. The Hall–Kier alpha value is -3.74. The summed E-state index contributed by atoms with van der Waals surface area (Å²) >= 11 is 0. The number of carbonyl (C=O) groups is 1. The number of methoxy groups -OCH3 is 1. The van der Waals surface area contributed by atoms with E-state index in [1.165, 1.54) is 30.0 Å². The standard InChI is InChI=1S/C25H27F4N7O2/c1-38-17-5-3-2-4-15(17)24(26)12-23(25(27,28)29,9-6-16(24)21(31)37)19-18-20(30)33-13-34-22(18)36(35-19)14-7-10-32-11-8-14/h2-6,9,13-14,16,32H,7-8,10-12H2,1H3,(H2,31,37)(H2,30,33,34). The van der Waals surface area contributed by atoms with Gasteiger partial charge in [-0.15, -0.1) is 0 Å². The smallest absolute Gasteiger partial charge is 0.403 e. The number of benzene rings is 1. The third kappa shape index (κ3) is 3.87. The SMILES string of the molecule is COc1ccccc1C1(F)CC(c2nn(C3CCNCC3)c3ncnc(N)c23)(C(F)(F)F)C=CC1C(N)=O. The Labute approximate surface area is 215 Å². The molecule has 5 N–H and O–H groups in total. The Morgan fingerprint density at radius 1 is 1.21 bits per heavy atom. The van der Waals surface area contributed by atoms with Crippen molar-refractivity contribution in [3.8, 4) is 5.75 Å². The van der Waals surface area contributed by atoms with E-state index in [-0.39, 0.29) is 34.2 Å². The van der Waals surface area contributed by atoms with Crippen LogP contribution in [0.3, 0.4) is 0 Å².